The van der Waals surface area contributed by atoms with Crippen LogP contribution in [-0.2, 0) is 6.54 Å². The molecule has 0 fully saturated rings. The Kier molecular flexibility index (Phi) is 4.89. The van der Waals surface area contributed by atoms with Gasteiger partial charge in [-0.2, -0.15) is 5.10 Å². The highest BCUT2D eigenvalue weighted by molar-refractivity contribution is 6.33. The summed E-state index contributed by atoms with van der Waals surface area (Å²) in [6.07, 6.45) is 1.67. The van der Waals surface area contributed by atoms with Gasteiger partial charge in [0.1, 0.15) is 17.5 Å². The van der Waals surface area contributed by atoms with Crippen LogP contribution in [-0.4, -0.2) is 24.4 Å². The maximum absolute atomic E-state index is 13.1. The van der Waals surface area contributed by atoms with Crippen molar-refractivity contribution in [3.8, 4) is 5.69 Å². The van der Waals surface area contributed by atoms with Crippen molar-refractivity contribution in [1.29, 1.82) is 0 Å². The molecule has 0 aliphatic heterocycles. The second-order valence-electron chi connectivity index (χ2n) is 6.15. The summed E-state index contributed by atoms with van der Waals surface area (Å²) in [5.41, 5.74) is 0.966. The Morgan fingerprint density at radius 1 is 1.14 bits per heavy atom. The zero-order chi connectivity index (χ0) is 19.8. The summed E-state index contributed by atoms with van der Waals surface area (Å²) in [6, 6.07) is 10.4. The molecule has 0 spiro atoms. The minimum Gasteiger partial charge on any atom is -0.386 e. The van der Waals surface area contributed by atoms with Crippen LogP contribution in [0.5, 0.6) is 0 Å². The highest BCUT2D eigenvalue weighted by Gasteiger charge is 2.17. The summed E-state index contributed by atoms with van der Waals surface area (Å²) >= 11 is 12.1. The van der Waals surface area contributed by atoms with Gasteiger partial charge in [0.25, 0.3) is 5.56 Å². The number of aliphatic hydroxyl groups excluding tert-OH is 1. The third-order valence-corrected chi connectivity index (χ3v) is 4.89. The van der Waals surface area contributed by atoms with E-state index < -0.39 is 6.10 Å². The van der Waals surface area contributed by atoms with E-state index in [1.807, 2.05) is 0 Å². The van der Waals surface area contributed by atoms with Crippen molar-refractivity contribution in [1.82, 2.24) is 19.3 Å². The van der Waals surface area contributed by atoms with Crippen molar-refractivity contribution in [2.75, 3.05) is 0 Å². The van der Waals surface area contributed by atoms with Crippen molar-refractivity contribution in [3.05, 3.63) is 86.8 Å². The van der Waals surface area contributed by atoms with Crippen molar-refractivity contribution in [3.63, 3.8) is 0 Å². The molecule has 4 aromatic rings. The van der Waals surface area contributed by atoms with Gasteiger partial charge in [-0.05, 0) is 42.5 Å². The standard InChI is InChI=1S/C19H13Cl2FN4O2/c20-11-1-6-16(21)14(7-11)17(27)9-25-10-23-18-15(19(25)28)8-24-26(18)13-4-2-12(22)3-5-13/h1-8,10,17,27H,9H2. The van der Waals surface area contributed by atoms with Gasteiger partial charge in [0.2, 0.25) is 0 Å². The molecule has 0 aliphatic rings. The van der Waals surface area contributed by atoms with Crippen LogP contribution in [0, 0.1) is 5.82 Å². The van der Waals surface area contributed by atoms with Crippen LogP contribution in [0.15, 0.2) is 59.8 Å². The summed E-state index contributed by atoms with van der Waals surface area (Å²) in [6.45, 7) is -0.0520. The normalized spacial score (nSPS) is 12.4. The van der Waals surface area contributed by atoms with Crippen LogP contribution in [0.4, 0.5) is 4.39 Å². The van der Waals surface area contributed by atoms with E-state index in [1.165, 1.54) is 33.9 Å². The summed E-state index contributed by atoms with van der Waals surface area (Å²) in [4.78, 5) is 17.1. The maximum atomic E-state index is 13.1. The number of hydrogen-bond acceptors (Lipinski definition) is 4. The highest BCUT2D eigenvalue weighted by Crippen LogP contribution is 2.27. The first kappa shape index (κ1) is 18.6. The lowest BCUT2D eigenvalue weighted by atomic mass is 10.1. The molecule has 6 nitrogen and oxygen atoms in total. The molecule has 0 aliphatic carbocycles. The Morgan fingerprint density at radius 3 is 2.64 bits per heavy atom. The van der Waals surface area contributed by atoms with Crippen molar-refractivity contribution >= 4 is 34.2 Å². The smallest absolute Gasteiger partial charge is 0.264 e. The molecule has 142 valence electrons. The second-order valence-corrected chi connectivity index (χ2v) is 7.00. The van der Waals surface area contributed by atoms with Gasteiger partial charge in [-0.25, -0.2) is 14.1 Å². The fourth-order valence-electron chi connectivity index (χ4n) is 2.90. The lowest BCUT2D eigenvalue weighted by Crippen LogP contribution is -2.23. The quantitative estimate of drug-likeness (QED) is 0.547. The second kappa shape index (κ2) is 7.35. The SMILES string of the molecule is O=c1c2cnn(-c3ccc(F)cc3)c2ncn1CC(O)c1cc(Cl)ccc1Cl. The van der Waals surface area contributed by atoms with E-state index in [2.05, 4.69) is 10.1 Å². The predicted octanol–water partition coefficient (Wildman–Crippen LogP) is 3.76. The summed E-state index contributed by atoms with van der Waals surface area (Å²) in [5.74, 6) is -0.371. The van der Waals surface area contributed by atoms with Crippen LogP contribution < -0.4 is 5.56 Å². The lowest BCUT2D eigenvalue weighted by Gasteiger charge is -2.14. The number of rotatable bonds is 4. The minimum atomic E-state index is -1.05. The molecule has 28 heavy (non-hydrogen) atoms. The molecule has 0 radical (unpaired) electrons. The minimum absolute atomic E-state index is 0.0520. The van der Waals surface area contributed by atoms with E-state index in [9.17, 15) is 14.3 Å². The van der Waals surface area contributed by atoms with Gasteiger partial charge in [-0.1, -0.05) is 23.2 Å². The van der Waals surface area contributed by atoms with E-state index in [0.717, 1.165) is 0 Å². The van der Waals surface area contributed by atoms with Crippen LogP contribution in [0.25, 0.3) is 16.7 Å². The molecule has 0 saturated carbocycles. The third kappa shape index (κ3) is 3.40. The number of aromatic nitrogens is 4. The van der Waals surface area contributed by atoms with Gasteiger partial charge in [0.15, 0.2) is 5.65 Å². The van der Waals surface area contributed by atoms with Crippen LogP contribution in [0.3, 0.4) is 0 Å². The summed E-state index contributed by atoms with van der Waals surface area (Å²) in [7, 11) is 0. The topological polar surface area (TPSA) is 72.9 Å². The van der Waals surface area contributed by atoms with Gasteiger partial charge in [0, 0.05) is 15.6 Å². The van der Waals surface area contributed by atoms with Gasteiger partial charge in [-0.3, -0.25) is 9.36 Å². The zero-order valence-electron chi connectivity index (χ0n) is 14.3. The Morgan fingerprint density at radius 2 is 1.89 bits per heavy atom. The fraction of sp³-hybridized carbons (Fsp3) is 0.105. The number of aliphatic hydroxyl groups is 1. The van der Waals surface area contributed by atoms with Gasteiger partial charge in [0.05, 0.1) is 24.5 Å². The van der Waals surface area contributed by atoms with Gasteiger partial charge >= 0.3 is 0 Å². The summed E-state index contributed by atoms with van der Waals surface area (Å²) < 4.78 is 15.9. The van der Waals surface area contributed by atoms with Crippen molar-refractivity contribution in [2.24, 2.45) is 0 Å². The average molecular weight is 419 g/mol. The van der Waals surface area contributed by atoms with E-state index in [0.29, 0.717) is 26.9 Å². The highest BCUT2D eigenvalue weighted by atomic mass is 35.5. The van der Waals surface area contributed by atoms with Crippen molar-refractivity contribution in [2.45, 2.75) is 12.6 Å². The molecule has 0 saturated heterocycles. The number of halogens is 3. The maximum Gasteiger partial charge on any atom is 0.264 e. The number of hydrogen-bond donors (Lipinski definition) is 1. The third-order valence-electron chi connectivity index (χ3n) is 4.31. The van der Waals surface area contributed by atoms with Gasteiger partial charge in [-0.15, -0.1) is 0 Å². The van der Waals surface area contributed by atoms with E-state index in [1.54, 1.807) is 30.3 Å². The number of benzene rings is 2. The Bertz CT molecular complexity index is 1220. The molecule has 4 rings (SSSR count). The molecule has 0 bridgehead atoms. The van der Waals surface area contributed by atoms with Crippen molar-refractivity contribution < 1.29 is 9.50 Å². The Hall–Kier alpha value is -2.74. The molecule has 2 heterocycles. The molecule has 1 unspecified atom stereocenters. The first-order chi connectivity index (χ1) is 13.4. The van der Waals surface area contributed by atoms with E-state index in [-0.39, 0.29) is 23.3 Å². The molecule has 1 atom stereocenters. The number of nitrogens with zero attached hydrogens (tertiary/aromatic N) is 4. The van der Waals surface area contributed by atoms with E-state index >= 15 is 0 Å². The molecule has 2 aromatic carbocycles. The summed E-state index contributed by atoms with van der Waals surface area (Å²) in [5, 5.41) is 15.7. The van der Waals surface area contributed by atoms with Crippen LogP contribution in [0.1, 0.15) is 11.7 Å². The molecule has 9 heteroatoms. The first-order valence-electron chi connectivity index (χ1n) is 8.26. The first-order valence-corrected chi connectivity index (χ1v) is 9.02. The molecular weight excluding hydrogens is 406 g/mol. The fourth-order valence-corrected chi connectivity index (χ4v) is 3.33. The van der Waals surface area contributed by atoms with Crippen LogP contribution in [0.2, 0.25) is 10.0 Å². The Balaban J connectivity index is 1.70. The predicted molar refractivity (Wildman–Crippen MR) is 105 cm³/mol. The molecule has 0 amide bonds. The molecule has 1 N–H and O–H groups in total. The largest absolute Gasteiger partial charge is 0.386 e. The van der Waals surface area contributed by atoms with Gasteiger partial charge < -0.3 is 5.11 Å². The lowest BCUT2D eigenvalue weighted by molar-refractivity contribution is 0.155. The van der Waals surface area contributed by atoms with Crippen LogP contribution >= 0.6 is 23.2 Å². The zero-order valence-corrected chi connectivity index (χ0v) is 15.8. The molecule has 2 aromatic heterocycles. The molecular formula is C19H13Cl2FN4O2. The number of fused-ring (bicyclic) bond motifs is 1. The van der Waals surface area contributed by atoms with E-state index in [4.69, 9.17) is 23.2 Å². The monoisotopic (exact) mass is 418 g/mol. The average Bonchev–Trinajstić information content (AvgIpc) is 3.11. The Labute approximate surface area is 168 Å².